The molecule has 0 aromatic carbocycles. The summed E-state index contributed by atoms with van der Waals surface area (Å²) in [6.45, 7) is 10.5. The molecule has 0 fully saturated rings. The average Bonchev–Trinajstić information content (AvgIpc) is 2.27. The number of ketones is 2. The van der Waals surface area contributed by atoms with Crippen molar-refractivity contribution in [1.82, 2.24) is 0 Å². The molecule has 0 aliphatic heterocycles. The Labute approximate surface area is 102 Å². The summed E-state index contributed by atoms with van der Waals surface area (Å²) in [5, 5.41) is 0. The lowest BCUT2D eigenvalue weighted by Crippen LogP contribution is -2.22. The predicted octanol–water partition coefficient (Wildman–Crippen LogP) is 2.42. The van der Waals surface area contributed by atoms with Gasteiger partial charge < -0.3 is 4.74 Å². The number of Topliss-reactive ketones (excluding diaryl/α,β-unsaturated/α-hetero) is 2. The maximum absolute atomic E-state index is 12.0. The summed E-state index contributed by atoms with van der Waals surface area (Å²) < 4.78 is 4.97. The van der Waals surface area contributed by atoms with E-state index in [-0.39, 0.29) is 17.3 Å². The number of carbonyl (C=O) groups is 2. The summed E-state index contributed by atoms with van der Waals surface area (Å²) >= 11 is 0. The minimum absolute atomic E-state index is 0.142. The Balaban J connectivity index is 3.17. The van der Waals surface area contributed by atoms with Crippen LogP contribution in [0.4, 0.5) is 0 Å². The van der Waals surface area contributed by atoms with Crippen molar-refractivity contribution in [2.75, 3.05) is 7.11 Å². The Morgan fingerprint density at radius 2 is 1.82 bits per heavy atom. The molecule has 3 heteroatoms. The summed E-state index contributed by atoms with van der Waals surface area (Å²) in [5.74, 6) is -0.219. The fourth-order valence-electron chi connectivity index (χ4n) is 1.73. The largest absolute Gasteiger partial charge is 0.492 e. The van der Waals surface area contributed by atoms with Crippen LogP contribution in [0.15, 0.2) is 34.1 Å². The van der Waals surface area contributed by atoms with Crippen LogP contribution >= 0.6 is 0 Å². The van der Waals surface area contributed by atoms with Gasteiger partial charge in [-0.2, -0.15) is 0 Å². The fraction of sp³-hybridized carbons (Fsp3) is 0.357. The number of rotatable bonds is 3. The predicted molar refractivity (Wildman–Crippen MR) is 65.1 cm³/mol. The van der Waals surface area contributed by atoms with E-state index in [1.165, 1.54) is 7.11 Å². The van der Waals surface area contributed by atoms with Crippen molar-refractivity contribution in [2.24, 2.45) is 0 Å². The summed E-state index contributed by atoms with van der Waals surface area (Å²) in [5.41, 5.74) is 1.93. The zero-order chi connectivity index (χ0) is 13.2. The highest BCUT2D eigenvalue weighted by Crippen LogP contribution is 2.27. The highest BCUT2D eigenvalue weighted by Gasteiger charge is 2.30. The molecule has 0 heterocycles. The SMILES string of the molecule is [CH]/C(C)=C/CC1=C(C)C(=O)C(OC)=C(C)C1=O. The smallest absolute Gasteiger partial charge is 0.224 e. The molecule has 0 aromatic rings. The second kappa shape index (κ2) is 5.13. The molecular weight excluding hydrogens is 216 g/mol. The molecule has 0 spiro atoms. The molecule has 0 unspecified atom stereocenters. The van der Waals surface area contributed by atoms with E-state index < -0.39 is 0 Å². The van der Waals surface area contributed by atoms with Gasteiger partial charge in [0.15, 0.2) is 11.5 Å². The van der Waals surface area contributed by atoms with Crippen molar-refractivity contribution in [3.8, 4) is 0 Å². The van der Waals surface area contributed by atoms with Gasteiger partial charge >= 0.3 is 0 Å². The first-order valence-electron chi connectivity index (χ1n) is 5.36. The number of hydrogen-bond acceptors (Lipinski definition) is 3. The first kappa shape index (κ1) is 13.4. The minimum atomic E-state index is -0.220. The molecule has 1 aliphatic carbocycles. The van der Waals surface area contributed by atoms with E-state index in [0.29, 0.717) is 28.7 Å². The lowest BCUT2D eigenvalue weighted by atomic mass is 9.87. The summed E-state index contributed by atoms with van der Waals surface area (Å²) in [6.07, 6.45) is 2.11. The van der Waals surface area contributed by atoms with Crippen LogP contribution < -0.4 is 0 Å². The Morgan fingerprint density at radius 1 is 1.24 bits per heavy atom. The minimum Gasteiger partial charge on any atom is -0.492 e. The van der Waals surface area contributed by atoms with Gasteiger partial charge in [-0.3, -0.25) is 9.59 Å². The quantitative estimate of drug-likeness (QED) is 0.702. The van der Waals surface area contributed by atoms with Crippen LogP contribution in [-0.2, 0) is 14.3 Å². The van der Waals surface area contributed by atoms with Gasteiger partial charge in [0, 0.05) is 16.7 Å². The molecule has 3 nitrogen and oxygen atoms in total. The molecule has 1 rings (SSSR count). The van der Waals surface area contributed by atoms with Crippen LogP contribution in [0, 0.1) is 6.92 Å². The zero-order valence-corrected chi connectivity index (χ0v) is 10.6. The number of ether oxygens (including phenoxy) is 1. The summed E-state index contributed by atoms with van der Waals surface area (Å²) in [6, 6.07) is 0. The molecule has 0 aromatic heterocycles. The number of methoxy groups -OCH3 is 1. The van der Waals surface area contributed by atoms with Crippen LogP contribution in [0.3, 0.4) is 0 Å². The maximum atomic E-state index is 12.0. The van der Waals surface area contributed by atoms with Gasteiger partial charge in [0.25, 0.3) is 0 Å². The van der Waals surface area contributed by atoms with E-state index in [9.17, 15) is 9.59 Å². The monoisotopic (exact) mass is 232 g/mol. The average molecular weight is 232 g/mol. The third-order valence-corrected chi connectivity index (χ3v) is 2.79. The van der Waals surface area contributed by atoms with E-state index in [4.69, 9.17) is 11.7 Å². The van der Waals surface area contributed by atoms with Gasteiger partial charge in [0.1, 0.15) is 0 Å². The molecule has 0 N–H and O–H groups in total. The molecular formula is C14H16O3. The zero-order valence-electron chi connectivity index (χ0n) is 10.6. The molecule has 0 saturated heterocycles. The molecule has 0 atom stereocenters. The number of carbonyl (C=O) groups excluding carboxylic acids is 2. The van der Waals surface area contributed by atoms with Crippen LogP contribution in [0.2, 0.25) is 0 Å². The van der Waals surface area contributed by atoms with Gasteiger partial charge in [-0.25, -0.2) is 0 Å². The van der Waals surface area contributed by atoms with Crippen LogP contribution in [-0.4, -0.2) is 18.7 Å². The van der Waals surface area contributed by atoms with Crippen molar-refractivity contribution >= 4 is 11.6 Å². The topological polar surface area (TPSA) is 43.4 Å². The fourth-order valence-corrected chi connectivity index (χ4v) is 1.73. The van der Waals surface area contributed by atoms with E-state index in [0.717, 1.165) is 0 Å². The van der Waals surface area contributed by atoms with Crippen LogP contribution in [0.5, 0.6) is 0 Å². The second-order valence-corrected chi connectivity index (χ2v) is 4.07. The normalized spacial score (nSPS) is 18.1. The van der Waals surface area contributed by atoms with Gasteiger partial charge in [0.2, 0.25) is 5.78 Å². The molecule has 1 aliphatic rings. The van der Waals surface area contributed by atoms with Crippen molar-refractivity contribution in [1.29, 1.82) is 0 Å². The first-order valence-corrected chi connectivity index (χ1v) is 5.36. The molecule has 17 heavy (non-hydrogen) atoms. The highest BCUT2D eigenvalue weighted by molar-refractivity contribution is 6.24. The molecule has 0 bridgehead atoms. The third kappa shape index (κ3) is 2.54. The lowest BCUT2D eigenvalue weighted by Gasteiger charge is -2.18. The van der Waals surface area contributed by atoms with Crippen molar-refractivity contribution < 1.29 is 14.3 Å². The van der Waals surface area contributed by atoms with Crippen molar-refractivity contribution in [3.63, 3.8) is 0 Å². The standard InChI is InChI=1S/C14H16O3/c1-8(2)6-7-11-9(3)13(16)14(17-5)10(4)12(11)15/h1,6H,7H2,2-5H3/b8-6-. The third-order valence-electron chi connectivity index (χ3n) is 2.79. The number of allylic oxidation sites excluding steroid dienone is 5. The van der Waals surface area contributed by atoms with Gasteiger partial charge in [-0.05, 0) is 34.1 Å². The molecule has 0 amide bonds. The van der Waals surface area contributed by atoms with Crippen molar-refractivity contribution in [3.05, 3.63) is 41.1 Å². The molecule has 90 valence electrons. The second-order valence-electron chi connectivity index (χ2n) is 4.07. The van der Waals surface area contributed by atoms with Gasteiger partial charge in [-0.1, -0.05) is 11.6 Å². The Kier molecular flexibility index (Phi) is 4.05. The van der Waals surface area contributed by atoms with Gasteiger partial charge in [0.05, 0.1) is 7.11 Å². The Hall–Kier alpha value is -1.64. The lowest BCUT2D eigenvalue weighted by molar-refractivity contribution is -0.118. The Morgan fingerprint density at radius 3 is 2.29 bits per heavy atom. The van der Waals surface area contributed by atoms with Crippen molar-refractivity contribution in [2.45, 2.75) is 27.2 Å². The van der Waals surface area contributed by atoms with Crippen LogP contribution in [0.25, 0.3) is 0 Å². The summed E-state index contributed by atoms with van der Waals surface area (Å²) in [4.78, 5) is 24.0. The van der Waals surface area contributed by atoms with E-state index in [1.54, 1.807) is 26.8 Å². The highest BCUT2D eigenvalue weighted by atomic mass is 16.5. The van der Waals surface area contributed by atoms with Gasteiger partial charge in [-0.15, -0.1) is 0 Å². The van der Waals surface area contributed by atoms with E-state index >= 15 is 0 Å². The van der Waals surface area contributed by atoms with E-state index in [1.807, 2.05) is 0 Å². The maximum Gasteiger partial charge on any atom is 0.224 e. The Bertz CT molecular complexity index is 458. The molecule has 0 saturated carbocycles. The molecule has 2 radical (unpaired) electrons. The number of hydrogen-bond donors (Lipinski definition) is 0. The van der Waals surface area contributed by atoms with E-state index in [2.05, 4.69) is 0 Å². The first-order chi connectivity index (χ1) is 7.90. The van der Waals surface area contributed by atoms with Crippen LogP contribution in [0.1, 0.15) is 27.2 Å². The summed E-state index contributed by atoms with van der Waals surface area (Å²) in [7, 11) is 1.40.